The summed E-state index contributed by atoms with van der Waals surface area (Å²) in [5.41, 5.74) is -0.633. The predicted octanol–water partition coefficient (Wildman–Crippen LogP) is 3.15. The van der Waals surface area contributed by atoms with Crippen LogP contribution >= 0.6 is 0 Å². The summed E-state index contributed by atoms with van der Waals surface area (Å²) in [6.45, 7) is 6.58. The van der Waals surface area contributed by atoms with Gasteiger partial charge in [0.1, 0.15) is 0 Å². The standard InChI is InChI=1S/C12H25N/c1-10(2)11-6-8-13(9-7-11)12(3,4)5/h10-11H,6-9H2,1-5H3/i6D2,7D2,8D2. The average molecular weight is 189 g/mol. The summed E-state index contributed by atoms with van der Waals surface area (Å²) >= 11 is 0. The number of nitrogens with zero attached hydrogens (tertiary/aromatic N) is 1. The van der Waals surface area contributed by atoms with Gasteiger partial charge < -0.3 is 0 Å². The van der Waals surface area contributed by atoms with Crippen LogP contribution in [0.25, 0.3) is 0 Å². The van der Waals surface area contributed by atoms with Crippen molar-refractivity contribution >= 4 is 0 Å². The van der Waals surface area contributed by atoms with Crippen molar-refractivity contribution in [3.05, 3.63) is 0 Å². The molecule has 0 aromatic heterocycles. The van der Waals surface area contributed by atoms with E-state index in [1.807, 2.05) is 0 Å². The molecule has 0 radical (unpaired) electrons. The lowest BCUT2D eigenvalue weighted by atomic mass is 9.85. The second-order valence-corrected chi connectivity index (χ2v) is 4.94. The first-order chi connectivity index (χ1) is 8.15. The fraction of sp³-hybridized carbons (Fsp3) is 1.00. The number of likely N-dealkylation sites (tertiary alicyclic amines) is 1. The van der Waals surface area contributed by atoms with Crippen LogP contribution in [-0.2, 0) is 0 Å². The lowest BCUT2D eigenvalue weighted by Gasteiger charge is -2.41. The lowest BCUT2D eigenvalue weighted by Crippen LogP contribution is -2.46. The van der Waals surface area contributed by atoms with Crippen molar-refractivity contribution in [2.24, 2.45) is 11.8 Å². The van der Waals surface area contributed by atoms with Crippen LogP contribution in [0, 0.1) is 11.8 Å². The Kier molecular flexibility index (Phi) is 1.59. The lowest BCUT2D eigenvalue weighted by molar-refractivity contribution is 0.0754. The third-order valence-corrected chi connectivity index (χ3v) is 2.30. The fourth-order valence-electron chi connectivity index (χ4n) is 1.23. The number of piperidine rings is 1. The van der Waals surface area contributed by atoms with E-state index in [9.17, 15) is 0 Å². The maximum Gasteiger partial charge on any atom is 0.0431 e. The third kappa shape index (κ3) is 2.98. The number of rotatable bonds is 1. The third-order valence-electron chi connectivity index (χ3n) is 2.30. The molecule has 1 atom stereocenters. The van der Waals surface area contributed by atoms with Gasteiger partial charge in [-0.2, -0.15) is 0 Å². The summed E-state index contributed by atoms with van der Waals surface area (Å²) in [5, 5.41) is 0. The van der Waals surface area contributed by atoms with Crippen LogP contribution in [0.5, 0.6) is 0 Å². The fourth-order valence-corrected chi connectivity index (χ4v) is 1.23. The minimum atomic E-state index is -2.24. The zero-order valence-corrected chi connectivity index (χ0v) is 9.31. The van der Waals surface area contributed by atoms with Crippen LogP contribution in [0.4, 0.5) is 0 Å². The highest BCUT2D eigenvalue weighted by Gasteiger charge is 2.27. The first-order valence-electron chi connectivity index (χ1n) is 7.93. The van der Waals surface area contributed by atoms with Gasteiger partial charge in [0.25, 0.3) is 0 Å². The highest BCUT2D eigenvalue weighted by atomic mass is 15.2. The van der Waals surface area contributed by atoms with Crippen LogP contribution in [0.1, 0.15) is 55.6 Å². The smallest absolute Gasteiger partial charge is 0.0431 e. The molecule has 1 heteroatoms. The molecule has 1 heterocycles. The molecule has 0 bridgehead atoms. The van der Waals surface area contributed by atoms with Gasteiger partial charge in [-0.3, -0.25) is 4.90 Å². The minimum absolute atomic E-state index is 0.0914. The molecular weight excluding hydrogens is 158 g/mol. The van der Waals surface area contributed by atoms with Crippen molar-refractivity contribution in [1.82, 2.24) is 4.90 Å². The monoisotopic (exact) mass is 189 g/mol. The van der Waals surface area contributed by atoms with E-state index in [2.05, 4.69) is 0 Å². The second-order valence-electron chi connectivity index (χ2n) is 4.94. The maximum absolute atomic E-state index is 8.19. The SMILES string of the molecule is [2H]C1([2H])CN(C(C)(C)C)C([2H])([2H])C([2H])([2H])C1C(C)C. The Hall–Kier alpha value is -0.0400. The summed E-state index contributed by atoms with van der Waals surface area (Å²) in [5.74, 6) is -1.23. The largest absolute Gasteiger partial charge is 0.298 e. The molecule has 1 nitrogen and oxygen atoms in total. The van der Waals surface area contributed by atoms with E-state index in [-0.39, 0.29) is 12.5 Å². The van der Waals surface area contributed by atoms with Gasteiger partial charge in [0.2, 0.25) is 0 Å². The van der Waals surface area contributed by atoms with Crippen molar-refractivity contribution in [2.75, 3.05) is 13.0 Å². The summed E-state index contributed by atoms with van der Waals surface area (Å²) in [6, 6.07) is 0. The van der Waals surface area contributed by atoms with Gasteiger partial charge in [-0.15, -0.1) is 0 Å². The average Bonchev–Trinajstić information content (AvgIpc) is 2.08. The van der Waals surface area contributed by atoms with Crippen molar-refractivity contribution < 1.29 is 8.22 Å². The molecule has 0 aromatic rings. The Morgan fingerprint density at radius 1 is 1.31 bits per heavy atom. The van der Waals surface area contributed by atoms with Gasteiger partial charge in [-0.05, 0) is 58.4 Å². The molecule has 13 heavy (non-hydrogen) atoms. The molecule has 1 saturated heterocycles. The van der Waals surface area contributed by atoms with E-state index in [0.29, 0.717) is 0 Å². The first-order valence-corrected chi connectivity index (χ1v) is 4.93. The van der Waals surface area contributed by atoms with Crippen LogP contribution in [0.2, 0.25) is 0 Å². The Bertz CT molecular complexity index is 345. The molecule has 0 aromatic carbocycles. The van der Waals surface area contributed by atoms with E-state index >= 15 is 0 Å². The molecule has 0 amide bonds. The van der Waals surface area contributed by atoms with Crippen molar-refractivity contribution in [1.29, 1.82) is 0 Å². The Balaban J connectivity index is 3.38. The van der Waals surface area contributed by atoms with Gasteiger partial charge >= 0.3 is 0 Å². The van der Waals surface area contributed by atoms with Crippen LogP contribution in [0.15, 0.2) is 0 Å². The first kappa shape index (κ1) is 5.16. The summed E-state index contributed by atoms with van der Waals surface area (Å²) in [4.78, 5) is 1.32. The Morgan fingerprint density at radius 3 is 2.38 bits per heavy atom. The molecular formula is C12H25N. The van der Waals surface area contributed by atoms with E-state index < -0.39 is 30.7 Å². The molecule has 1 unspecified atom stereocenters. The van der Waals surface area contributed by atoms with Crippen molar-refractivity contribution in [2.45, 2.75) is 52.9 Å². The van der Waals surface area contributed by atoms with Gasteiger partial charge in [0.15, 0.2) is 0 Å². The van der Waals surface area contributed by atoms with Crippen LogP contribution in [0.3, 0.4) is 0 Å². The van der Waals surface area contributed by atoms with Crippen LogP contribution in [-0.4, -0.2) is 23.5 Å². The van der Waals surface area contributed by atoms with E-state index in [4.69, 9.17) is 8.22 Å². The normalized spacial score (nSPS) is 45.2. The van der Waals surface area contributed by atoms with Crippen molar-refractivity contribution in [3.63, 3.8) is 0 Å². The number of hydrogen-bond acceptors (Lipinski definition) is 1. The van der Waals surface area contributed by atoms with Crippen molar-refractivity contribution in [3.8, 4) is 0 Å². The highest BCUT2D eigenvalue weighted by Crippen LogP contribution is 2.27. The Labute approximate surface area is 91.9 Å². The summed E-state index contributed by atoms with van der Waals surface area (Å²) < 4.78 is 49.1. The molecule has 1 aliphatic rings. The summed E-state index contributed by atoms with van der Waals surface area (Å²) in [7, 11) is 0. The Morgan fingerprint density at radius 2 is 1.92 bits per heavy atom. The van der Waals surface area contributed by atoms with Gasteiger partial charge in [-0.1, -0.05) is 13.8 Å². The molecule has 0 aliphatic carbocycles. The summed E-state index contributed by atoms with van der Waals surface area (Å²) in [6.07, 6.45) is -3.99. The molecule has 0 spiro atoms. The number of hydrogen-bond donors (Lipinski definition) is 0. The molecule has 0 saturated carbocycles. The zero-order chi connectivity index (χ0) is 15.4. The molecule has 0 N–H and O–H groups in total. The van der Waals surface area contributed by atoms with E-state index in [1.165, 1.54) is 4.90 Å². The maximum atomic E-state index is 8.19. The molecule has 1 aliphatic heterocycles. The molecule has 1 rings (SSSR count). The van der Waals surface area contributed by atoms with Gasteiger partial charge in [0, 0.05) is 13.8 Å². The quantitative estimate of drug-likeness (QED) is 0.612. The van der Waals surface area contributed by atoms with E-state index in [1.54, 1.807) is 34.6 Å². The minimum Gasteiger partial charge on any atom is -0.298 e. The second kappa shape index (κ2) is 4.00. The van der Waals surface area contributed by atoms with Crippen LogP contribution < -0.4 is 0 Å². The van der Waals surface area contributed by atoms with Gasteiger partial charge in [-0.25, -0.2) is 0 Å². The van der Waals surface area contributed by atoms with Gasteiger partial charge in [0.05, 0.1) is 0 Å². The highest BCUT2D eigenvalue weighted by molar-refractivity contribution is 4.82. The zero-order valence-electron chi connectivity index (χ0n) is 15.3. The molecule has 1 fully saturated rings. The van der Waals surface area contributed by atoms with E-state index in [0.717, 1.165) is 0 Å². The molecule has 78 valence electrons. The predicted molar refractivity (Wildman–Crippen MR) is 58.9 cm³/mol. The topological polar surface area (TPSA) is 3.24 Å².